The van der Waals surface area contributed by atoms with Gasteiger partial charge in [0.05, 0.1) is 5.41 Å². The second kappa shape index (κ2) is 4.09. The lowest BCUT2D eigenvalue weighted by Crippen LogP contribution is -2.39. The molecule has 1 aliphatic heterocycles. The first-order chi connectivity index (χ1) is 8.63. The van der Waals surface area contributed by atoms with Crippen LogP contribution >= 0.6 is 0 Å². The van der Waals surface area contributed by atoms with Crippen LogP contribution in [-0.2, 0) is 10.2 Å². The molecule has 0 spiro atoms. The minimum absolute atomic E-state index is 0.168. The van der Waals surface area contributed by atoms with Crippen LogP contribution < -0.4 is 5.73 Å². The van der Waals surface area contributed by atoms with E-state index in [1.54, 1.807) is 0 Å². The Morgan fingerprint density at radius 2 is 2.11 bits per heavy atom. The quantitative estimate of drug-likeness (QED) is 0.858. The molecular formula is C15H20N2O. The minimum atomic E-state index is -0.227. The lowest BCUT2D eigenvalue weighted by molar-refractivity contribution is -0.132. The fourth-order valence-electron chi connectivity index (χ4n) is 3.11. The Bertz CT molecular complexity index is 479. The van der Waals surface area contributed by atoms with Crippen molar-refractivity contribution in [3.63, 3.8) is 0 Å². The molecule has 0 aromatic heterocycles. The van der Waals surface area contributed by atoms with Crippen LogP contribution in [0.4, 0.5) is 0 Å². The van der Waals surface area contributed by atoms with Crippen LogP contribution in [0.25, 0.3) is 0 Å². The van der Waals surface area contributed by atoms with Gasteiger partial charge in [-0.1, -0.05) is 24.3 Å². The Labute approximate surface area is 108 Å². The number of benzene rings is 1. The molecule has 18 heavy (non-hydrogen) atoms. The van der Waals surface area contributed by atoms with Crippen molar-refractivity contribution in [1.82, 2.24) is 4.90 Å². The molecule has 1 amide bonds. The van der Waals surface area contributed by atoms with E-state index in [1.165, 1.54) is 11.1 Å². The molecule has 1 aromatic rings. The molecule has 2 N–H and O–H groups in total. The summed E-state index contributed by atoms with van der Waals surface area (Å²) in [4.78, 5) is 14.7. The van der Waals surface area contributed by atoms with Crippen molar-refractivity contribution in [1.29, 1.82) is 0 Å². The van der Waals surface area contributed by atoms with Gasteiger partial charge in [0.2, 0.25) is 5.91 Å². The third-order valence-corrected chi connectivity index (χ3v) is 4.33. The first kappa shape index (κ1) is 11.7. The van der Waals surface area contributed by atoms with Crippen molar-refractivity contribution < 1.29 is 4.79 Å². The van der Waals surface area contributed by atoms with Crippen molar-refractivity contribution in [2.75, 3.05) is 13.1 Å². The highest BCUT2D eigenvalue weighted by Crippen LogP contribution is 2.50. The second-order valence-corrected chi connectivity index (χ2v) is 5.70. The van der Waals surface area contributed by atoms with E-state index in [0.717, 1.165) is 32.4 Å². The van der Waals surface area contributed by atoms with Crippen molar-refractivity contribution >= 4 is 5.91 Å². The summed E-state index contributed by atoms with van der Waals surface area (Å²) in [7, 11) is 0. The Hall–Kier alpha value is -1.35. The van der Waals surface area contributed by atoms with E-state index in [-0.39, 0.29) is 11.5 Å². The molecule has 2 fully saturated rings. The number of hydrogen-bond acceptors (Lipinski definition) is 2. The van der Waals surface area contributed by atoms with Crippen molar-refractivity contribution in [3.8, 4) is 0 Å². The Morgan fingerprint density at radius 1 is 1.39 bits per heavy atom. The summed E-state index contributed by atoms with van der Waals surface area (Å²) in [6.45, 7) is 3.65. The SMILES string of the molecule is Cc1ccccc1C1(C(=O)N2CC[C@H](N)C2)CC1. The molecule has 2 aliphatic rings. The molecule has 0 radical (unpaired) electrons. The monoisotopic (exact) mass is 244 g/mol. The van der Waals surface area contributed by atoms with Gasteiger partial charge in [0, 0.05) is 19.1 Å². The van der Waals surface area contributed by atoms with E-state index in [0.29, 0.717) is 5.91 Å². The molecule has 3 rings (SSSR count). The Balaban J connectivity index is 1.87. The minimum Gasteiger partial charge on any atom is -0.340 e. The first-order valence-corrected chi connectivity index (χ1v) is 6.74. The van der Waals surface area contributed by atoms with E-state index in [1.807, 2.05) is 17.0 Å². The number of hydrogen-bond donors (Lipinski definition) is 1. The molecule has 1 heterocycles. The zero-order valence-electron chi connectivity index (χ0n) is 10.9. The molecule has 1 saturated heterocycles. The standard InChI is InChI=1S/C15H20N2O/c1-11-4-2-3-5-13(11)15(7-8-15)14(18)17-9-6-12(16)10-17/h2-5,12H,6-10,16H2,1H3/t12-/m0/s1. The average molecular weight is 244 g/mol. The second-order valence-electron chi connectivity index (χ2n) is 5.70. The number of nitrogens with zero attached hydrogens (tertiary/aromatic N) is 1. The highest BCUT2D eigenvalue weighted by atomic mass is 16.2. The summed E-state index contributed by atoms with van der Waals surface area (Å²) in [6, 6.07) is 8.44. The van der Waals surface area contributed by atoms with Crippen molar-refractivity contribution in [3.05, 3.63) is 35.4 Å². The predicted molar refractivity (Wildman–Crippen MR) is 71.3 cm³/mol. The van der Waals surface area contributed by atoms with Gasteiger partial charge in [-0.25, -0.2) is 0 Å². The van der Waals surface area contributed by atoms with Crippen molar-refractivity contribution in [2.24, 2.45) is 5.73 Å². The topological polar surface area (TPSA) is 46.3 Å². The van der Waals surface area contributed by atoms with Crippen molar-refractivity contribution in [2.45, 2.75) is 37.6 Å². The molecular weight excluding hydrogens is 224 g/mol. The highest BCUT2D eigenvalue weighted by molar-refractivity contribution is 5.92. The van der Waals surface area contributed by atoms with Gasteiger partial charge >= 0.3 is 0 Å². The zero-order chi connectivity index (χ0) is 12.8. The van der Waals surface area contributed by atoms with E-state index < -0.39 is 0 Å². The van der Waals surface area contributed by atoms with Gasteiger partial charge in [0.1, 0.15) is 0 Å². The molecule has 3 heteroatoms. The summed E-state index contributed by atoms with van der Waals surface area (Å²) in [5.74, 6) is 0.296. The molecule has 1 saturated carbocycles. The maximum Gasteiger partial charge on any atom is 0.233 e. The highest BCUT2D eigenvalue weighted by Gasteiger charge is 2.54. The molecule has 3 nitrogen and oxygen atoms in total. The van der Waals surface area contributed by atoms with E-state index in [9.17, 15) is 4.79 Å². The van der Waals surface area contributed by atoms with Gasteiger partial charge in [-0.2, -0.15) is 0 Å². The first-order valence-electron chi connectivity index (χ1n) is 6.74. The van der Waals surface area contributed by atoms with Gasteiger partial charge in [-0.05, 0) is 37.3 Å². The number of carbonyl (C=O) groups is 1. The van der Waals surface area contributed by atoms with Crippen LogP contribution in [0.2, 0.25) is 0 Å². The number of carbonyl (C=O) groups excluding carboxylic acids is 1. The zero-order valence-corrected chi connectivity index (χ0v) is 10.9. The van der Waals surface area contributed by atoms with Gasteiger partial charge in [0.15, 0.2) is 0 Å². The number of aryl methyl sites for hydroxylation is 1. The van der Waals surface area contributed by atoms with E-state index >= 15 is 0 Å². The smallest absolute Gasteiger partial charge is 0.233 e. The fourth-order valence-corrected chi connectivity index (χ4v) is 3.11. The van der Waals surface area contributed by atoms with E-state index in [4.69, 9.17) is 5.73 Å². The van der Waals surface area contributed by atoms with Gasteiger partial charge in [0.25, 0.3) is 0 Å². The Kier molecular flexibility index (Phi) is 2.67. The van der Waals surface area contributed by atoms with Crippen LogP contribution in [0.1, 0.15) is 30.4 Å². The van der Waals surface area contributed by atoms with Crippen LogP contribution in [0, 0.1) is 6.92 Å². The van der Waals surface area contributed by atoms with E-state index in [2.05, 4.69) is 19.1 Å². The summed E-state index contributed by atoms with van der Waals surface area (Å²) in [6.07, 6.45) is 2.92. The number of nitrogens with two attached hydrogens (primary N) is 1. The summed E-state index contributed by atoms with van der Waals surface area (Å²) in [5.41, 5.74) is 8.12. The third kappa shape index (κ3) is 1.74. The van der Waals surface area contributed by atoms with Crippen LogP contribution in [-0.4, -0.2) is 29.9 Å². The Morgan fingerprint density at radius 3 is 2.67 bits per heavy atom. The molecule has 1 aromatic carbocycles. The van der Waals surface area contributed by atoms with Gasteiger partial charge < -0.3 is 10.6 Å². The summed E-state index contributed by atoms with van der Waals surface area (Å²) in [5, 5.41) is 0. The normalized spacial score (nSPS) is 25.2. The third-order valence-electron chi connectivity index (χ3n) is 4.33. The summed E-state index contributed by atoms with van der Waals surface area (Å²) >= 11 is 0. The van der Waals surface area contributed by atoms with Gasteiger partial charge in [-0.15, -0.1) is 0 Å². The maximum atomic E-state index is 12.7. The molecule has 1 atom stereocenters. The maximum absolute atomic E-state index is 12.7. The number of amides is 1. The molecule has 1 aliphatic carbocycles. The lowest BCUT2D eigenvalue weighted by atomic mass is 9.90. The van der Waals surface area contributed by atoms with Crippen LogP contribution in [0.15, 0.2) is 24.3 Å². The molecule has 0 bridgehead atoms. The largest absolute Gasteiger partial charge is 0.340 e. The van der Waals surface area contributed by atoms with Gasteiger partial charge in [-0.3, -0.25) is 4.79 Å². The number of rotatable bonds is 2. The molecule has 96 valence electrons. The number of likely N-dealkylation sites (tertiary alicyclic amines) is 1. The average Bonchev–Trinajstić information content (AvgIpc) is 3.05. The summed E-state index contributed by atoms with van der Waals surface area (Å²) < 4.78 is 0. The fraction of sp³-hybridized carbons (Fsp3) is 0.533. The lowest BCUT2D eigenvalue weighted by Gasteiger charge is -2.24. The van der Waals surface area contributed by atoms with Crippen LogP contribution in [0.5, 0.6) is 0 Å². The predicted octanol–water partition coefficient (Wildman–Crippen LogP) is 1.59. The molecule has 0 unspecified atom stereocenters. The van der Waals surface area contributed by atoms with Crippen LogP contribution in [0.3, 0.4) is 0 Å².